The van der Waals surface area contributed by atoms with Crippen LogP contribution in [-0.2, 0) is 9.59 Å². The Morgan fingerprint density at radius 3 is 1.67 bits per heavy atom. The Balaban J connectivity index is 4.01. The Labute approximate surface area is 128 Å². The Bertz CT molecular complexity index is 289. The second-order valence-corrected chi connectivity index (χ2v) is 6.00. The summed E-state index contributed by atoms with van der Waals surface area (Å²) in [5.74, 6) is -2.72. The van der Waals surface area contributed by atoms with Gasteiger partial charge in [0.2, 0.25) is 0 Å². The maximum absolute atomic E-state index is 11.3. The van der Waals surface area contributed by atoms with Crippen LogP contribution in [0.5, 0.6) is 0 Å². The van der Waals surface area contributed by atoms with Gasteiger partial charge in [-0.15, -0.1) is 0 Å². The summed E-state index contributed by atoms with van der Waals surface area (Å²) in [6.07, 6.45) is 10.3. The SMILES string of the molecule is CCCCCCCCCC(CC(CCC)C(=O)O)C(=O)O. The molecule has 2 atom stereocenters. The van der Waals surface area contributed by atoms with Gasteiger partial charge in [0.15, 0.2) is 0 Å². The van der Waals surface area contributed by atoms with E-state index < -0.39 is 23.8 Å². The zero-order valence-corrected chi connectivity index (χ0v) is 13.6. The highest BCUT2D eigenvalue weighted by Crippen LogP contribution is 2.23. The first-order chi connectivity index (χ1) is 10.0. The average Bonchev–Trinajstić information content (AvgIpc) is 2.43. The molecule has 124 valence electrons. The fraction of sp³-hybridized carbons (Fsp3) is 0.882. The number of aliphatic carboxylic acids is 2. The van der Waals surface area contributed by atoms with Crippen LogP contribution in [0.3, 0.4) is 0 Å². The van der Waals surface area contributed by atoms with Crippen LogP contribution in [0.4, 0.5) is 0 Å². The largest absolute Gasteiger partial charge is 0.481 e. The summed E-state index contributed by atoms with van der Waals surface area (Å²) >= 11 is 0. The van der Waals surface area contributed by atoms with Gasteiger partial charge in [0.05, 0.1) is 11.8 Å². The van der Waals surface area contributed by atoms with Gasteiger partial charge in [-0.3, -0.25) is 9.59 Å². The third-order valence-corrected chi connectivity index (χ3v) is 4.06. The molecule has 0 radical (unpaired) electrons. The van der Waals surface area contributed by atoms with Crippen molar-refractivity contribution in [1.82, 2.24) is 0 Å². The van der Waals surface area contributed by atoms with E-state index in [1.807, 2.05) is 6.92 Å². The molecule has 4 nitrogen and oxygen atoms in total. The van der Waals surface area contributed by atoms with Crippen LogP contribution in [-0.4, -0.2) is 22.2 Å². The van der Waals surface area contributed by atoms with Gasteiger partial charge in [-0.05, 0) is 19.3 Å². The number of carboxylic acids is 2. The molecule has 0 aromatic carbocycles. The molecule has 2 N–H and O–H groups in total. The van der Waals surface area contributed by atoms with E-state index in [1.54, 1.807) is 0 Å². The Hall–Kier alpha value is -1.06. The molecule has 0 saturated carbocycles. The van der Waals surface area contributed by atoms with E-state index in [1.165, 1.54) is 25.7 Å². The van der Waals surface area contributed by atoms with Crippen LogP contribution >= 0.6 is 0 Å². The second-order valence-electron chi connectivity index (χ2n) is 6.00. The number of carboxylic acid groups (broad SMARTS) is 2. The molecule has 0 aliphatic rings. The molecule has 0 amide bonds. The maximum atomic E-state index is 11.3. The van der Waals surface area contributed by atoms with Crippen molar-refractivity contribution in [1.29, 1.82) is 0 Å². The molecule has 0 spiro atoms. The topological polar surface area (TPSA) is 74.6 Å². The summed E-state index contributed by atoms with van der Waals surface area (Å²) in [5.41, 5.74) is 0. The Morgan fingerprint density at radius 2 is 1.19 bits per heavy atom. The quantitative estimate of drug-likeness (QED) is 0.455. The highest BCUT2D eigenvalue weighted by Gasteiger charge is 2.25. The van der Waals surface area contributed by atoms with Gasteiger partial charge >= 0.3 is 11.9 Å². The fourth-order valence-electron chi connectivity index (χ4n) is 2.72. The lowest BCUT2D eigenvalue weighted by atomic mass is 9.88. The van der Waals surface area contributed by atoms with Gasteiger partial charge in [0, 0.05) is 0 Å². The smallest absolute Gasteiger partial charge is 0.306 e. The van der Waals surface area contributed by atoms with Gasteiger partial charge in [0.25, 0.3) is 0 Å². The fourth-order valence-corrected chi connectivity index (χ4v) is 2.72. The van der Waals surface area contributed by atoms with Crippen molar-refractivity contribution < 1.29 is 19.8 Å². The van der Waals surface area contributed by atoms with Crippen molar-refractivity contribution in [3.8, 4) is 0 Å². The van der Waals surface area contributed by atoms with Gasteiger partial charge in [-0.2, -0.15) is 0 Å². The first-order valence-electron chi connectivity index (χ1n) is 8.48. The van der Waals surface area contributed by atoms with Crippen molar-refractivity contribution in [2.45, 2.75) is 84.5 Å². The first kappa shape index (κ1) is 19.9. The van der Waals surface area contributed by atoms with Crippen molar-refractivity contribution in [2.24, 2.45) is 11.8 Å². The number of unbranched alkanes of at least 4 members (excludes halogenated alkanes) is 6. The molecular weight excluding hydrogens is 268 g/mol. The molecular formula is C17H32O4. The lowest BCUT2D eigenvalue weighted by Gasteiger charge is -2.17. The van der Waals surface area contributed by atoms with Crippen LogP contribution in [0, 0.1) is 11.8 Å². The average molecular weight is 300 g/mol. The molecule has 21 heavy (non-hydrogen) atoms. The summed E-state index contributed by atoms with van der Waals surface area (Å²) in [4.78, 5) is 22.4. The van der Waals surface area contributed by atoms with Gasteiger partial charge in [0.1, 0.15) is 0 Å². The van der Waals surface area contributed by atoms with E-state index in [4.69, 9.17) is 5.11 Å². The molecule has 0 aromatic heterocycles. The predicted molar refractivity (Wildman–Crippen MR) is 84.4 cm³/mol. The highest BCUT2D eigenvalue weighted by molar-refractivity contribution is 5.73. The van der Waals surface area contributed by atoms with Gasteiger partial charge in [-0.1, -0.05) is 65.2 Å². The van der Waals surface area contributed by atoms with Crippen LogP contribution in [0.15, 0.2) is 0 Å². The minimum absolute atomic E-state index is 0.272. The zero-order chi connectivity index (χ0) is 16.1. The molecule has 0 aliphatic heterocycles. The van der Waals surface area contributed by atoms with Crippen LogP contribution in [0.25, 0.3) is 0 Å². The van der Waals surface area contributed by atoms with Crippen LogP contribution in [0.1, 0.15) is 84.5 Å². The van der Waals surface area contributed by atoms with Crippen LogP contribution < -0.4 is 0 Å². The third-order valence-electron chi connectivity index (χ3n) is 4.06. The molecule has 2 unspecified atom stereocenters. The first-order valence-corrected chi connectivity index (χ1v) is 8.48. The highest BCUT2D eigenvalue weighted by atomic mass is 16.4. The van der Waals surface area contributed by atoms with Crippen LogP contribution in [0.2, 0.25) is 0 Å². The Kier molecular flexibility index (Phi) is 12.0. The minimum Gasteiger partial charge on any atom is -0.481 e. The molecule has 0 bridgehead atoms. The van der Waals surface area contributed by atoms with E-state index in [9.17, 15) is 14.7 Å². The molecule has 0 heterocycles. The maximum Gasteiger partial charge on any atom is 0.306 e. The summed E-state index contributed by atoms with van der Waals surface area (Å²) in [6.45, 7) is 4.12. The Morgan fingerprint density at radius 1 is 0.714 bits per heavy atom. The number of hydrogen-bond donors (Lipinski definition) is 2. The summed E-state index contributed by atoms with van der Waals surface area (Å²) in [7, 11) is 0. The normalized spacial score (nSPS) is 13.8. The monoisotopic (exact) mass is 300 g/mol. The number of hydrogen-bond acceptors (Lipinski definition) is 2. The molecule has 0 rings (SSSR count). The molecule has 0 saturated heterocycles. The standard InChI is InChI=1S/C17H32O4/c1-3-5-6-7-8-9-10-12-15(17(20)21)13-14(11-4-2)16(18)19/h14-15H,3-13H2,1-2H3,(H,18,19)(H,20,21). The third kappa shape index (κ3) is 10.3. The predicted octanol–water partition coefficient (Wildman–Crippen LogP) is 4.72. The number of rotatable bonds is 14. The van der Waals surface area contributed by atoms with Crippen molar-refractivity contribution in [2.75, 3.05) is 0 Å². The summed E-state index contributed by atoms with van der Waals surface area (Å²) in [5, 5.41) is 18.4. The van der Waals surface area contributed by atoms with E-state index in [0.717, 1.165) is 25.7 Å². The molecule has 0 fully saturated rings. The van der Waals surface area contributed by atoms with Crippen molar-refractivity contribution >= 4 is 11.9 Å². The summed E-state index contributed by atoms with van der Waals surface area (Å²) in [6, 6.07) is 0. The second kappa shape index (κ2) is 12.7. The van der Waals surface area contributed by atoms with Gasteiger partial charge in [-0.25, -0.2) is 0 Å². The number of carbonyl (C=O) groups is 2. The van der Waals surface area contributed by atoms with E-state index >= 15 is 0 Å². The molecule has 0 aromatic rings. The van der Waals surface area contributed by atoms with Crippen molar-refractivity contribution in [3.05, 3.63) is 0 Å². The van der Waals surface area contributed by atoms with Gasteiger partial charge < -0.3 is 10.2 Å². The van der Waals surface area contributed by atoms with E-state index in [-0.39, 0.29) is 6.42 Å². The zero-order valence-electron chi connectivity index (χ0n) is 13.6. The minimum atomic E-state index is -0.859. The lowest BCUT2D eigenvalue weighted by molar-refractivity contribution is -0.146. The van der Waals surface area contributed by atoms with E-state index in [2.05, 4.69) is 6.92 Å². The van der Waals surface area contributed by atoms with Crippen molar-refractivity contribution in [3.63, 3.8) is 0 Å². The lowest BCUT2D eigenvalue weighted by Crippen LogP contribution is -2.23. The van der Waals surface area contributed by atoms with E-state index in [0.29, 0.717) is 12.8 Å². The molecule has 4 heteroatoms. The molecule has 0 aliphatic carbocycles. The summed E-state index contributed by atoms with van der Waals surface area (Å²) < 4.78 is 0.